The van der Waals surface area contributed by atoms with Crippen molar-refractivity contribution in [1.82, 2.24) is 5.32 Å². The highest BCUT2D eigenvalue weighted by Crippen LogP contribution is 2.26. The molecular weight excluding hydrogens is 339 g/mol. The molecule has 0 aliphatic carbocycles. The first-order valence-electron chi connectivity index (χ1n) is 6.19. The number of ether oxygens (including phenoxy) is 2. The zero-order chi connectivity index (χ0) is 15.0. The summed E-state index contributed by atoms with van der Waals surface area (Å²) in [7, 11) is 0. The molecule has 0 atom stereocenters. The highest BCUT2D eigenvalue weighted by atomic mass is 79.9. The van der Waals surface area contributed by atoms with Gasteiger partial charge in [-0.3, -0.25) is 0 Å². The van der Waals surface area contributed by atoms with Gasteiger partial charge in [0, 0.05) is 6.54 Å². The Morgan fingerprint density at radius 3 is 2.60 bits per heavy atom. The third kappa shape index (κ3) is 7.12. The van der Waals surface area contributed by atoms with E-state index in [9.17, 15) is 13.2 Å². The smallest absolute Gasteiger partial charge is 0.411 e. The number of rotatable bonds is 8. The fraction of sp³-hybridized carbons (Fsp3) is 0.538. The molecule has 0 saturated carbocycles. The van der Waals surface area contributed by atoms with Crippen molar-refractivity contribution in [2.75, 3.05) is 26.4 Å². The van der Waals surface area contributed by atoms with Crippen LogP contribution in [0.1, 0.15) is 12.5 Å². The van der Waals surface area contributed by atoms with Crippen molar-refractivity contribution in [3.05, 3.63) is 28.2 Å². The molecule has 3 nitrogen and oxygen atoms in total. The topological polar surface area (TPSA) is 30.5 Å². The van der Waals surface area contributed by atoms with Crippen molar-refractivity contribution < 1.29 is 22.6 Å². The van der Waals surface area contributed by atoms with Gasteiger partial charge in [-0.1, -0.05) is 13.0 Å². The molecule has 1 aromatic carbocycles. The van der Waals surface area contributed by atoms with Crippen molar-refractivity contribution >= 4 is 15.9 Å². The van der Waals surface area contributed by atoms with Crippen LogP contribution in [0.2, 0.25) is 0 Å². The van der Waals surface area contributed by atoms with Crippen LogP contribution < -0.4 is 10.1 Å². The van der Waals surface area contributed by atoms with Gasteiger partial charge in [-0.15, -0.1) is 0 Å². The van der Waals surface area contributed by atoms with Crippen molar-refractivity contribution in [3.8, 4) is 5.75 Å². The van der Waals surface area contributed by atoms with Crippen LogP contribution in [0.4, 0.5) is 13.2 Å². The van der Waals surface area contributed by atoms with E-state index in [2.05, 4.69) is 26.0 Å². The Morgan fingerprint density at radius 2 is 2.00 bits per heavy atom. The van der Waals surface area contributed by atoms with Crippen LogP contribution in [0.5, 0.6) is 5.75 Å². The molecule has 0 unspecified atom stereocenters. The van der Waals surface area contributed by atoms with Gasteiger partial charge in [-0.05, 0) is 40.2 Å². The molecule has 1 N–H and O–H groups in total. The summed E-state index contributed by atoms with van der Waals surface area (Å²) in [6, 6.07) is 5.59. The number of halogens is 4. The van der Waals surface area contributed by atoms with Gasteiger partial charge in [0.25, 0.3) is 0 Å². The Morgan fingerprint density at radius 1 is 1.25 bits per heavy atom. The van der Waals surface area contributed by atoms with Crippen LogP contribution >= 0.6 is 15.9 Å². The molecule has 0 saturated heterocycles. The molecule has 0 bridgehead atoms. The van der Waals surface area contributed by atoms with E-state index in [1.165, 1.54) is 0 Å². The van der Waals surface area contributed by atoms with Crippen LogP contribution in [-0.2, 0) is 11.3 Å². The minimum atomic E-state index is -4.30. The summed E-state index contributed by atoms with van der Waals surface area (Å²) in [6.07, 6.45) is -4.30. The highest BCUT2D eigenvalue weighted by Gasteiger charge is 2.27. The monoisotopic (exact) mass is 355 g/mol. The molecular formula is C13H17BrF3NO2. The quantitative estimate of drug-likeness (QED) is 0.723. The largest absolute Gasteiger partial charge is 0.490 e. The second-order valence-electron chi connectivity index (χ2n) is 4.06. The molecule has 0 heterocycles. The molecule has 1 rings (SSSR count). The van der Waals surface area contributed by atoms with Gasteiger partial charge in [0.1, 0.15) is 19.0 Å². The first-order valence-corrected chi connectivity index (χ1v) is 6.98. The van der Waals surface area contributed by atoms with Gasteiger partial charge < -0.3 is 14.8 Å². The van der Waals surface area contributed by atoms with E-state index in [0.29, 0.717) is 5.75 Å². The number of alkyl halides is 3. The maximum absolute atomic E-state index is 11.8. The lowest BCUT2D eigenvalue weighted by atomic mass is 10.2. The summed E-state index contributed by atoms with van der Waals surface area (Å²) in [5.41, 5.74) is 1.10. The first-order chi connectivity index (χ1) is 9.42. The average Bonchev–Trinajstić information content (AvgIpc) is 2.36. The average molecular weight is 356 g/mol. The zero-order valence-corrected chi connectivity index (χ0v) is 12.7. The Labute approximate surface area is 124 Å². The number of hydrogen-bond acceptors (Lipinski definition) is 3. The van der Waals surface area contributed by atoms with Crippen LogP contribution in [0.25, 0.3) is 0 Å². The van der Waals surface area contributed by atoms with Crippen LogP contribution in [0, 0.1) is 0 Å². The summed E-state index contributed by atoms with van der Waals surface area (Å²) in [4.78, 5) is 0. The molecule has 114 valence electrons. The van der Waals surface area contributed by atoms with E-state index in [4.69, 9.17) is 4.74 Å². The van der Waals surface area contributed by atoms with Crippen molar-refractivity contribution in [3.63, 3.8) is 0 Å². The molecule has 0 spiro atoms. The second-order valence-corrected chi connectivity index (χ2v) is 4.92. The second kappa shape index (κ2) is 8.49. The number of nitrogens with one attached hydrogen (secondary N) is 1. The summed E-state index contributed by atoms with van der Waals surface area (Å²) < 4.78 is 46.1. The lowest BCUT2D eigenvalue weighted by Crippen LogP contribution is -2.19. The summed E-state index contributed by atoms with van der Waals surface area (Å²) >= 11 is 3.37. The van der Waals surface area contributed by atoms with E-state index in [1.54, 1.807) is 6.07 Å². The molecule has 0 amide bonds. The van der Waals surface area contributed by atoms with Crippen LogP contribution in [0.15, 0.2) is 22.7 Å². The van der Waals surface area contributed by atoms with Gasteiger partial charge in [-0.25, -0.2) is 0 Å². The maximum Gasteiger partial charge on any atom is 0.411 e. The van der Waals surface area contributed by atoms with Gasteiger partial charge >= 0.3 is 6.18 Å². The highest BCUT2D eigenvalue weighted by molar-refractivity contribution is 9.10. The number of benzene rings is 1. The SMILES string of the molecule is CCNCc1ccc(OCCOCC(F)(F)F)c(Br)c1. The minimum absolute atomic E-state index is 0.0707. The van der Waals surface area contributed by atoms with Crippen molar-refractivity contribution in [1.29, 1.82) is 0 Å². The van der Waals surface area contributed by atoms with Crippen molar-refractivity contribution in [2.24, 2.45) is 0 Å². The third-order valence-electron chi connectivity index (χ3n) is 2.33. The zero-order valence-electron chi connectivity index (χ0n) is 11.1. The van der Waals surface area contributed by atoms with Gasteiger partial charge in [-0.2, -0.15) is 13.2 Å². The summed E-state index contributed by atoms with van der Waals surface area (Å²) in [5, 5.41) is 3.20. The van der Waals surface area contributed by atoms with E-state index in [0.717, 1.165) is 23.1 Å². The van der Waals surface area contributed by atoms with Gasteiger partial charge in [0.15, 0.2) is 0 Å². The Kier molecular flexibility index (Phi) is 7.32. The molecule has 7 heteroatoms. The van der Waals surface area contributed by atoms with E-state index in [1.807, 2.05) is 19.1 Å². The number of hydrogen-bond donors (Lipinski definition) is 1. The lowest BCUT2D eigenvalue weighted by molar-refractivity contribution is -0.175. The molecule has 0 aliphatic heterocycles. The molecule has 1 aromatic rings. The first kappa shape index (κ1) is 17.3. The minimum Gasteiger partial charge on any atom is -0.490 e. The normalized spacial score (nSPS) is 11.7. The fourth-order valence-corrected chi connectivity index (χ4v) is 1.98. The summed E-state index contributed by atoms with van der Waals surface area (Å²) in [6.45, 7) is 2.37. The Hall–Kier alpha value is -0.790. The van der Waals surface area contributed by atoms with E-state index >= 15 is 0 Å². The molecule has 0 fully saturated rings. The fourth-order valence-electron chi connectivity index (χ4n) is 1.44. The van der Waals surface area contributed by atoms with E-state index in [-0.39, 0.29) is 13.2 Å². The predicted octanol–water partition coefficient (Wildman–Crippen LogP) is 3.52. The molecule has 20 heavy (non-hydrogen) atoms. The van der Waals surface area contributed by atoms with Gasteiger partial charge in [0.05, 0.1) is 11.1 Å². The third-order valence-corrected chi connectivity index (χ3v) is 2.95. The van der Waals surface area contributed by atoms with E-state index < -0.39 is 12.8 Å². The summed E-state index contributed by atoms with van der Waals surface area (Å²) in [5.74, 6) is 0.584. The predicted molar refractivity (Wildman–Crippen MR) is 73.9 cm³/mol. The maximum atomic E-state index is 11.8. The van der Waals surface area contributed by atoms with Gasteiger partial charge in [0.2, 0.25) is 0 Å². The molecule has 0 aromatic heterocycles. The molecule has 0 radical (unpaired) electrons. The lowest BCUT2D eigenvalue weighted by Gasteiger charge is -2.11. The van der Waals surface area contributed by atoms with Crippen LogP contribution in [0.3, 0.4) is 0 Å². The molecule has 0 aliphatic rings. The van der Waals surface area contributed by atoms with Crippen LogP contribution in [-0.4, -0.2) is 32.5 Å². The Bertz CT molecular complexity index is 413. The Balaban J connectivity index is 2.33. The standard InChI is InChI=1S/C13H17BrF3NO2/c1-2-18-8-10-3-4-12(11(14)7-10)20-6-5-19-9-13(15,16)17/h3-4,7,18H,2,5-6,8-9H2,1H3. The van der Waals surface area contributed by atoms with Crippen molar-refractivity contribution in [2.45, 2.75) is 19.6 Å².